The van der Waals surface area contributed by atoms with Crippen LogP contribution in [0.15, 0.2) is 61.2 Å². The van der Waals surface area contributed by atoms with Gasteiger partial charge in [-0.2, -0.15) is 0 Å². The fourth-order valence-corrected chi connectivity index (χ4v) is 4.33. The highest BCUT2D eigenvalue weighted by Gasteiger charge is 2.13. The number of aryl methyl sites for hydroxylation is 2. The first kappa shape index (κ1) is 21.4. The third-order valence-corrected chi connectivity index (χ3v) is 6.20. The van der Waals surface area contributed by atoms with Crippen molar-refractivity contribution in [2.24, 2.45) is 0 Å². The molecule has 2 aromatic heterocycles. The van der Waals surface area contributed by atoms with E-state index in [0.717, 1.165) is 66.8 Å². The number of para-hydroxylation sites is 1. The molecular formula is C26H30N6O. The van der Waals surface area contributed by atoms with Crippen LogP contribution in [0.1, 0.15) is 11.1 Å². The minimum atomic E-state index is 0.681. The second-order valence-electron chi connectivity index (χ2n) is 8.50. The molecular weight excluding hydrogens is 412 g/mol. The Morgan fingerprint density at radius 3 is 2.64 bits per heavy atom. The normalized spacial score (nSPS) is 14.5. The van der Waals surface area contributed by atoms with E-state index in [4.69, 9.17) is 9.72 Å². The SMILES string of the molecule is Cc1cccc(C)c1Nc1ncc(-c2cccc(OCCN3CCNCC3)c2)n2cncc12. The topological polar surface area (TPSA) is 66.7 Å². The number of rotatable bonds is 7. The number of hydrogen-bond donors (Lipinski definition) is 2. The number of ether oxygens (including phenoxy) is 1. The maximum atomic E-state index is 6.07. The summed E-state index contributed by atoms with van der Waals surface area (Å²) in [6.45, 7) is 10.1. The van der Waals surface area contributed by atoms with Crippen LogP contribution in [0.3, 0.4) is 0 Å². The van der Waals surface area contributed by atoms with E-state index in [9.17, 15) is 0 Å². The van der Waals surface area contributed by atoms with Crippen LogP contribution in [0.25, 0.3) is 16.8 Å². The molecule has 1 aliphatic heterocycles. The van der Waals surface area contributed by atoms with Crippen LogP contribution in [0.4, 0.5) is 11.5 Å². The Kier molecular flexibility index (Phi) is 6.24. The minimum absolute atomic E-state index is 0.681. The summed E-state index contributed by atoms with van der Waals surface area (Å²) in [6, 6.07) is 14.5. The zero-order valence-electron chi connectivity index (χ0n) is 19.2. The maximum Gasteiger partial charge on any atom is 0.156 e. The van der Waals surface area contributed by atoms with E-state index in [2.05, 4.69) is 69.1 Å². The lowest BCUT2D eigenvalue weighted by atomic mass is 10.1. The number of piperazine rings is 1. The van der Waals surface area contributed by atoms with Crippen LogP contribution in [0.5, 0.6) is 5.75 Å². The molecule has 7 nitrogen and oxygen atoms in total. The second kappa shape index (κ2) is 9.60. The van der Waals surface area contributed by atoms with Crippen molar-refractivity contribution in [3.05, 3.63) is 72.3 Å². The highest BCUT2D eigenvalue weighted by atomic mass is 16.5. The third-order valence-electron chi connectivity index (χ3n) is 6.20. The maximum absolute atomic E-state index is 6.07. The molecule has 0 radical (unpaired) electrons. The molecule has 0 atom stereocenters. The van der Waals surface area contributed by atoms with E-state index in [0.29, 0.717) is 6.61 Å². The molecule has 0 unspecified atom stereocenters. The van der Waals surface area contributed by atoms with E-state index in [1.807, 2.05) is 30.9 Å². The first-order valence-electron chi connectivity index (χ1n) is 11.5. The standard InChI is InChI=1S/C26H30N6O/c1-19-5-3-6-20(2)25(19)30-26-24-16-28-18-32(24)23(17-29-26)21-7-4-8-22(15-21)33-14-13-31-11-9-27-10-12-31/h3-8,15-18,27H,9-14H2,1-2H3,(H,29,30). The molecule has 2 N–H and O–H groups in total. The number of nitrogens with one attached hydrogen (secondary N) is 2. The molecule has 5 rings (SSSR count). The van der Waals surface area contributed by atoms with E-state index >= 15 is 0 Å². The van der Waals surface area contributed by atoms with Gasteiger partial charge in [-0.1, -0.05) is 30.3 Å². The monoisotopic (exact) mass is 442 g/mol. The van der Waals surface area contributed by atoms with E-state index in [-0.39, 0.29) is 0 Å². The van der Waals surface area contributed by atoms with Gasteiger partial charge in [0, 0.05) is 44.0 Å². The Hall–Kier alpha value is -3.42. The van der Waals surface area contributed by atoms with E-state index in [1.54, 1.807) is 0 Å². The quantitative estimate of drug-likeness (QED) is 0.450. The van der Waals surface area contributed by atoms with Gasteiger partial charge < -0.3 is 15.4 Å². The Morgan fingerprint density at radius 2 is 1.82 bits per heavy atom. The molecule has 2 aromatic carbocycles. The summed E-state index contributed by atoms with van der Waals surface area (Å²) in [5.41, 5.74) is 6.40. The van der Waals surface area contributed by atoms with Crippen LogP contribution < -0.4 is 15.4 Å². The van der Waals surface area contributed by atoms with Gasteiger partial charge in [-0.05, 0) is 37.1 Å². The second-order valence-corrected chi connectivity index (χ2v) is 8.50. The van der Waals surface area contributed by atoms with Gasteiger partial charge in [0.05, 0.1) is 24.4 Å². The summed E-state index contributed by atoms with van der Waals surface area (Å²) in [5.74, 6) is 1.66. The first-order chi connectivity index (χ1) is 16.2. The summed E-state index contributed by atoms with van der Waals surface area (Å²) in [4.78, 5) is 11.6. The molecule has 0 bridgehead atoms. The van der Waals surface area contributed by atoms with Gasteiger partial charge in [-0.25, -0.2) is 9.97 Å². The van der Waals surface area contributed by atoms with Crippen LogP contribution >= 0.6 is 0 Å². The molecule has 170 valence electrons. The molecule has 0 amide bonds. The lowest BCUT2D eigenvalue weighted by Gasteiger charge is -2.26. The van der Waals surface area contributed by atoms with Gasteiger partial charge in [0.15, 0.2) is 5.82 Å². The predicted octanol–water partition coefficient (Wildman–Crippen LogP) is 4.04. The first-order valence-corrected chi connectivity index (χ1v) is 11.5. The van der Waals surface area contributed by atoms with Gasteiger partial charge in [0.25, 0.3) is 0 Å². The van der Waals surface area contributed by atoms with Gasteiger partial charge in [0.2, 0.25) is 0 Å². The summed E-state index contributed by atoms with van der Waals surface area (Å²) < 4.78 is 8.15. The van der Waals surface area contributed by atoms with Crippen molar-refractivity contribution < 1.29 is 4.74 Å². The van der Waals surface area contributed by atoms with E-state index < -0.39 is 0 Å². The largest absolute Gasteiger partial charge is 0.492 e. The van der Waals surface area contributed by atoms with Crippen LogP contribution in [0.2, 0.25) is 0 Å². The number of anilines is 2. The zero-order valence-corrected chi connectivity index (χ0v) is 19.2. The van der Waals surface area contributed by atoms with Crippen molar-refractivity contribution in [3.63, 3.8) is 0 Å². The fourth-order valence-electron chi connectivity index (χ4n) is 4.33. The number of aromatic nitrogens is 3. The van der Waals surface area contributed by atoms with Gasteiger partial charge in [-0.15, -0.1) is 0 Å². The van der Waals surface area contributed by atoms with Gasteiger partial charge in [0.1, 0.15) is 17.9 Å². The average Bonchev–Trinajstić information content (AvgIpc) is 3.33. The molecule has 33 heavy (non-hydrogen) atoms. The van der Waals surface area contributed by atoms with Crippen LogP contribution in [0, 0.1) is 13.8 Å². The molecule has 1 fully saturated rings. The van der Waals surface area contributed by atoms with Crippen molar-refractivity contribution in [1.29, 1.82) is 0 Å². The fraction of sp³-hybridized carbons (Fsp3) is 0.308. The summed E-state index contributed by atoms with van der Waals surface area (Å²) in [5, 5.41) is 6.90. The molecule has 1 aliphatic rings. The smallest absolute Gasteiger partial charge is 0.156 e. The summed E-state index contributed by atoms with van der Waals surface area (Å²) in [6.07, 6.45) is 5.57. The summed E-state index contributed by atoms with van der Waals surface area (Å²) >= 11 is 0. The third kappa shape index (κ3) is 4.69. The molecule has 7 heteroatoms. The number of fused-ring (bicyclic) bond motifs is 1. The highest BCUT2D eigenvalue weighted by molar-refractivity contribution is 5.78. The molecule has 0 spiro atoms. The van der Waals surface area contributed by atoms with Crippen molar-refractivity contribution in [2.75, 3.05) is 44.6 Å². The van der Waals surface area contributed by atoms with Crippen molar-refractivity contribution in [3.8, 4) is 17.0 Å². The molecule has 3 heterocycles. The van der Waals surface area contributed by atoms with E-state index in [1.165, 1.54) is 11.1 Å². The van der Waals surface area contributed by atoms with Crippen molar-refractivity contribution in [2.45, 2.75) is 13.8 Å². The van der Waals surface area contributed by atoms with Crippen molar-refractivity contribution in [1.82, 2.24) is 24.6 Å². The van der Waals surface area contributed by atoms with Crippen LogP contribution in [-0.4, -0.2) is 58.6 Å². The Balaban J connectivity index is 1.36. The number of hydrogen-bond acceptors (Lipinski definition) is 6. The number of imidazole rings is 1. The Bertz CT molecular complexity index is 1220. The average molecular weight is 443 g/mol. The minimum Gasteiger partial charge on any atom is -0.492 e. The molecule has 0 aliphatic carbocycles. The predicted molar refractivity (Wildman–Crippen MR) is 132 cm³/mol. The number of nitrogens with zero attached hydrogens (tertiary/aromatic N) is 4. The Morgan fingerprint density at radius 1 is 1.03 bits per heavy atom. The highest BCUT2D eigenvalue weighted by Crippen LogP contribution is 2.30. The molecule has 4 aromatic rings. The van der Waals surface area contributed by atoms with Crippen LogP contribution in [-0.2, 0) is 0 Å². The Labute approximate surface area is 194 Å². The molecule has 0 saturated carbocycles. The number of benzene rings is 2. The van der Waals surface area contributed by atoms with Gasteiger partial charge >= 0.3 is 0 Å². The van der Waals surface area contributed by atoms with Gasteiger partial charge in [-0.3, -0.25) is 9.30 Å². The van der Waals surface area contributed by atoms with Crippen molar-refractivity contribution >= 4 is 17.0 Å². The lowest BCUT2D eigenvalue weighted by molar-refractivity contribution is 0.191. The summed E-state index contributed by atoms with van der Waals surface area (Å²) in [7, 11) is 0. The molecule has 1 saturated heterocycles. The lowest BCUT2D eigenvalue weighted by Crippen LogP contribution is -2.44. The zero-order chi connectivity index (χ0) is 22.6.